The van der Waals surface area contributed by atoms with Crippen LogP contribution in [0.4, 0.5) is 0 Å². The monoisotopic (exact) mass is 380 g/mol. The molecule has 1 aromatic carbocycles. The third kappa shape index (κ3) is 6.22. The predicted octanol–water partition coefficient (Wildman–Crippen LogP) is 5.88. The molecule has 3 nitrogen and oxygen atoms in total. The van der Waals surface area contributed by atoms with Gasteiger partial charge >= 0.3 is 0 Å². The average molecular weight is 381 g/mol. The van der Waals surface area contributed by atoms with E-state index in [1.807, 2.05) is 30.3 Å². The van der Waals surface area contributed by atoms with E-state index in [0.29, 0.717) is 30.5 Å². The smallest absolute Gasteiger partial charge is 0.234 e. The van der Waals surface area contributed by atoms with E-state index in [1.54, 1.807) is 0 Å². The highest BCUT2D eigenvalue weighted by Crippen LogP contribution is 2.51. The summed E-state index contributed by atoms with van der Waals surface area (Å²) in [6.07, 6.45) is 6.14. The first-order valence-electron chi connectivity index (χ1n) is 10.4. The van der Waals surface area contributed by atoms with Gasteiger partial charge in [0, 0.05) is 11.9 Å². The number of ether oxygens (including phenoxy) is 1. The van der Waals surface area contributed by atoms with Crippen molar-refractivity contribution in [2.75, 3.05) is 19.4 Å². The van der Waals surface area contributed by atoms with Crippen LogP contribution in [0.15, 0.2) is 30.3 Å². The Kier molecular flexibility index (Phi) is 8.87. The Labute approximate surface area is 160 Å². The Hall–Kier alpha value is -0.630. The molecule has 1 aliphatic rings. The maximum Gasteiger partial charge on any atom is 0.234 e. The predicted molar refractivity (Wildman–Crippen MR) is 110 cm³/mol. The molecule has 0 aliphatic heterocycles. The number of benzene rings is 1. The molecule has 0 bridgehead atoms. The van der Waals surface area contributed by atoms with Crippen LogP contribution in [0.25, 0.3) is 0 Å². The molecule has 0 unspecified atom stereocenters. The van der Waals surface area contributed by atoms with Crippen LogP contribution in [0.5, 0.6) is 0 Å². The van der Waals surface area contributed by atoms with Crippen molar-refractivity contribution < 1.29 is 13.8 Å². The van der Waals surface area contributed by atoms with Crippen molar-refractivity contribution in [3.8, 4) is 0 Å². The van der Waals surface area contributed by atoms with Gasteiger partial charge in [0.25, 0.3) is 0 Å². The van der Waals surface area contributed by atoms with Gasteiger partial charge in [-0.1, -0.05) is 58.7 Å². The van der Waals surface area contributed by atoms with E-state index >= 15 is 0 Å². The van der Waals surface area contributed by atoms with Crippen LogP contribution in [0.2, 0.25) is 0 Å². The molecular formula is C22H37O3P. The fourth-order valence-corrected chi connectivity index (χ4v) is 6.05. The molecule has 1 saturated carbocycles. The van der Waals surface area contributed by atoms with Gasteiger partial charge in [-0.3, -0.25) is 4.57 Å². The largest absolute Gasteiger partial charge is 0.381 e. The second-order valence-corrected chi connectivity index (χ2v) is 10.7. The lowest BCUT2D eigenvalue weighted by atomic mass is 9.75. The van der Waals surface area contributed by atoms with Crippen molar-refractivity contribution in [2.24, 2.45) is 17.8 Å². The molecule has 0 saturated heterocycles. The van der Waals surface area contributed by atoms with Gasteiger partial charge in [-0.15, -0.1) is 0 Å². The summed E-state index contributed by atoms with van der Waals surface area (Å²) in [5, 5.41) is 0.833. The van der Waals surface area contributed by atoms with Gasteiger partial charge in [0.15, 0.2) is 0 Å². The van der Waals surface area contributed by atoms with Gasteiger partial charge < -0.3 is 9.26 Å². The van der Waals surface area contributed by atoms with Crippen LogP contribution in [0.1, 0.15) is 59.8 Å². The summed E-state index contributed by atoms with van der Waals surface area (Å²) in [5.74, 6) is 1.68. The van der Waals surface area contributed by atoms with Crippen molar-refractivity contribution in [3.63, 3.8) is 0 Å². The molecule has 0 spiro atoms. The molecule has 0 amide bonds. The minimum absolute atomic E-state index is 0.0837. The molecule has 2 rings (SSSR count). The van der Waals surface area contributed by atoms with Crippen LogP contribution in [0, 0.1) is 17.8 Å². The Morgan fingerprint density at radius 2 is 1.88 bits per heavy atom. The first-order valence-corrected chi connectivity index (χ1v) is 12.2. The molecular weight excluding hydrogens is 343 g/mol. The lowest BCUT2D eigenvalue weighted by Crippen LogP contribution is -2.35. The molecule has 1 fully saturated rings. The van der Waals surface area contributed by atoms with Crippen LogP contribution in [0.3, 0.4) is 0 Å². The van der Waals surface area contributed by atoms with E-state index in [2.05, 4.69) is 27.7 Å². The van der Waals surface area contributed by atoms with Gasteiger partial charge in [-0.05, 0) is 49.1 Å². The first-order chi connectivity index (χ1) is 12.5. The Morgan fingerprint density at radius 1 is 1.15 bits per heavy atom. The quantitative estimate of drug-likeness (QED) is 0.375. The summed E-state index contributed by atoms with van der Waals surface area (Å²) in [6, 6.07) is 9.76. The van der Waals surface area contributed by atoms with Gasteiger partial charge in [-0.2, -0.15) is 0 Å². The van der Waals surface area contributed by atoms with Gasteiger partial charge in [0.2, 0.25) is 7.37 Å². The van der Waals surface area contributed by atoms with E-state index in [1.165, 1.54) is 12.8 Å². The van der Waals surface area contributed by atoms with Crippen molar-refractivity contribution in [2.45, 2.75) is 65.9 Å². The molecule has 1 aliphatic carbocycles. The standard InChI is InChI=1S/C22H37O3P/c1-5-6-14-24-15-16-26(23,20-10-8-7-9-11-20)25-22-17-19(4)12-13-21(22)18(2)3/h7-11,18-19,21-22H,5-6,12-17H2,1-4H3/t19-,21+,22-,26-/m1/s1. The normalized spacial score (nSPS) is 26.0. The van der Waals surface area contributed by atoms with Crippen LogP contribution in [-0.2, 0) is 13.8 Å². The summed E-state index contributed by atoms with van der Waals surface area (Å²) in [5.41, 5.74) is 0. The molecule has 148 valence electrons. The number of hydrogen-bond donors (Lipinski definition) is 0. The molecule has 0 heterocycles. The summed E-state index contributed by atoms with van der Waals surface area (Å²) >= 11 is 0. The van der Waals surface area contributed by atoms with E-state index in [-0.39, 0.29) is 6.10 Å². The maximum absolute atomic E-state index is 13.9. The third-order valence-corrected chi connectivity index (χ3v) is 8.06. The van der Waals surface area contributed by atoms with Crippen LogP contribution < -0.4 is 5.30 Å². The maximum atomic E-state index is 13.9. The zero-order valence-electron chi connectivity index (χ0n) is 17.0. The minimum Gasteiger partial charge on any atom is -0.381 e. The summed E-state index contributed by atoms with van der Waals surface area (Å²) in [6.45, 7) is 10.2. The number of rotatable bonds is 10. The summed E-state index contributed by atoms with van der Waals surface area (Å²) in [4.78, 5) is 0. The number of unbranched alkanes of at least 4 members (excludes halogenated alkanes) is 1. The Morgan fingerprint density at radius 3 is 2.54 bits per heavy atom. The van der Waals surface area contributed by atoms with E-state index in [9.17, 15) is 4.57 Å². The van der Waals surface area contributed by atoms with E-state index in [0.717, 1.165) is 31.2 Å². The lowest BCUT2D eigenvalue weighted by Gasteiger charge is -2.39. The minimum atomic E-state index is -2.92. The van der Waals surface area contributed by atoms with Gasteiger partial charge in [0.1, 0.15) is 0 Å². The zero-order chi connectivity index (χ0) is 19.0. The topological polar surface area (TPSA) is 35.5 Å². The highest BCUT2D eigenvalue weighted by Gasteiger charge is 2.37. The highest BCUT2D eigenvalue weighted by atomic mass is 31.2. The Balaban J connectivity index is 2.13. The second kappa shape index (κ2) is 10.6. The molecule has 4 heteroatoms. The average Bonchev–Trinajstić information content (AvgIpc) is 2.62. The summed E-state index contributed by atoms with van der Waals surface area (Å²) < 4.78 is 26.1. The van der Waals surface area contributed by atoms with Crippen molar-refractivity contribution in [1.82, 2.24) is 0 Å². The highest BCUT2D eigenvalue weighted by molar-refractivity contribution is 7.67. The first kappa shape index (κ1) is 21.7. The molecule has 0 radical (unpaired) electrons. The SMILES string of the molecule is CCCCOCC[P@@](=O)(O[C@@H]1C[C@H](C)CC[C@H]1C(C)C)c1ccccc1. The van der Waals surface area contributed by atoms with Gasteiger partial charge in [0.05, 0.1) is 18.9 Å². The molecule has 0 aromatic heterocycles. The number of hydrogen-bond acceptors (Lipinski definition) is 3. The van der Waals surface area contributed by atoms with Gasteiger partial charge in [-0.25, -0.2) is 0 Å². The Bertz CT molecular complexity index is 558. The third-order valence-electron chi connectivity index (χ3n) is 5.59. The zero-order valence-corrected chi connectivity index (χ0v) is 17.9. The van der Waals surface area contributed by atoms with Crippen LogP contribution in [-0.4, -0.2) is 25.5 Å². The second-order valence-electron chi connectivity index (χ2n) is 8.17. The van der Waals surface area contributed by atoms with E-state index < -0.39 is 7.37 Å². The summed E-state index contributed by atoms with van der Waals surface area (Å²) in [7, 11) is -2.92. The fraction of sp³-hybridized carbons (Fsp3) is 0.727. The van der Waals surface area contributed by atoms with Crippen molar-refractivity contribution >= 4 is 12.7 Å². The lowest BCUT2D eigenvalue weighted by molar-refractivity contribution is 0.0484. The van der Waals surface area contributed by atoms with Crippen molar-refractivity contribution in [3.05, 3.63) is 30.3 Å². The van der Waals surface area contributed by atoms with Crippen LogP contribution >= 0.6 is 7.37 Å². The fourth-order valence-electron chi connectivity index (χ4n) is 3.89. The molecule has 1 aromatic rings. The van der Waals surface area contributed by atoms with E-state index in [4.69, 9.17) is 9.26 Å². The molecule has 26 heavy (non-hydrogen) atoms. The molecule has 0 N–H and O–H groups in total. The molecule has 4 atom stereocenters. The van der Waals surface area contributed by atoms with Crippen molar-refractivity contribution in [1.29, 1.82) is 0 Å².